The van der Waals surface area contributed by atoms with Crippen LogP contribution in [0.3, 0.4) is 0 Å². The molecule has 1 saturated heterocycles. The largest absolute Gasteiger partial charge is 0.354 e. The van der Waals surface area contributed by atoms with Gasteiger partial charge in [-0.2, -0.15) is 0 Å². The van der Waals surface area contributed by atoms with Crippen molar-refractivity contribution in [2.24, 2.45) is 18.4 Å². The number of rotatable bonds is 7. The van der Waals surface area contributed by atoms with Gasteiger partial charge in [-0.1, -0.05) is 18.6 Å². The average Bonchev–Trinajstić information content (AvgIpc) is 3.44. The van der Waals surface area contributed by atoms with Crippen LogP contribution in [-0.2, 0) is 11.8 Å². The molecular formula is C27H31N5O3. The van der Waals surface area contributed by atoms with Gasteiger partial charge in [-0.05, 0) is 43.0 Å². The van der Waals surface area contributed by atoms with E-state index in [-0.39, 0.29) is 29.1 Å². The summed E-state index contributed by atoms with van der Waals surface area (Å²) in [5.41, 5.74) is 2.31. The zero-order valence-electron chi connectivity index (χ0n) is 20.0. The number of likely N-dealkylation sites (tertiary alicyclic amines) is 1. The van der Waals surface area contributed by atoms with Gasteiger partial charge in [0.1, 0.15) is 0 Å². The van der Waals surface area contributed by atoms with Crippen molar-refractivity contribution in [2.45, 2.75) is 25.7 Å². The van der Waals surface area contributed by atoms with Gasteiger partial charge in [-0.25, -0.2) is 0 Å². The van der Waals surface area contributed by atoms with Crippen LogP contribution < -0.4 is 10.6 Å². The number of benzene rings is 1. The molecule has 0 bridgehead atoms. The van der Waals surface area contributed by atoms with E-state index in [4.69, 9.17) is 0 Å². The highest BCUT2D eigenvalue weighted by atomic mass is 16.2. The molecule has 2 N–H and O–H groups in total. The molecule has 3 aromatic rings. The summed E-state index contributed by atoms with van der Waals surface area (Å²) in [5, 5.41) is 6.81. The van der Waals surface area contributed by atoms with Crippen molar-refractivity contribution < 1.29 is 14.4 Å². The molecule has 5 rings (SSSR count). The van der Waals surface area contributed by atoms with Crippen molar-refractivity contribution in [2.75, 3.05) is 26.2 Å². The summed E-state index contributed by atoms with van der Waals surface area (Å²) in [7, 11) is 1.97. The van der Waals surface area contributed by atoms with E-state index in [1.54, 1.807) is 24.5 Å². The number of amides is 3. The first-order valence-corrected chi connectivity index (χ1v) is 12.3. The van der Waals surface area contributed by atoms with Crippen molar-refractivity contribution in [3.63, 3.8) is 0 Å². The number of nitrogens with zero attached hydrogens (tertiary/aromatic N) is 3. The van der Waals surface area contributed by atoms with Crippen LogP contribution in [0.2, 0.25) is 0 Å². The standard InChI is InChI=1S/C27H31N5O3/c1-31-15-9-19-4-2-6-22(24(19)31)26(35)32-17-27(18-32)10-3-5-21(27)16-23(33)29-13-14-30-25(34)20-7-11-28-12-8-20/h2,4,6-9,11-12,15,21H,3,5,10,13-14,16-18H2,1H3,(H,29,33)(H,30,34). The van der Waals surface area contributed by atoms with Crippen LogP contribution in [0.5, 0.6) is 0 Å². The summed E-state index contributed by atoms with van der Waals surface area (Å²) in [6.45, 7) is 2.19. The normalized spacial score (nSPS) is 18.4. The van der Waals surface area contributed by atoms with Gasteiger partial charge < -0.3 is 20.1 Å². The molecule has 0 radical (unpaired) electrons. The molecule has 1 aromatic carbocycles. The monoisotopic (exact) mass is 473 g/mol. The van der Waals surface area contributed by atoms with Crippen molar-refractivity contribution in [3.05, 3.63) is 66.1 Å². The Kier molecular flexibility index (Phi) is 6.28. The Bertz CT molecular complexity index is 1250. The van der Waals surface area contributed by atoms with Crippen molar-refractivity contribution in [1.82, 2.24) is 25.1 Å². The Morgan fingerprint density at radius 2 is 1.83 bits per heavy atom. The van der Waals surface area contributed by atoms with E-state index in [0.29, 0.717) is 38.2 Å². The van der Waals surface area contributed by atoms with Gasteiger partial charge in [-0.3, -0.25) is 19.4 Å². The first-order chi connectivity index (χ1) is 17.0. The van der Waals surface area contributed by atoms with E-state index in [1.165, 1.54) is 0 Å². The highest BCUT2D eigenvalue weighted by Crippen LogP contribution is 2.51. The maximum Gasteiger partial charge on any atom is 0.256 e. The van der Waals surface area contributed by atoms with Crippen LogP contribution in [0.1, 0.15) is 46.4 Å². The molecule has 1 unspecified atom stereocenters. The zero-order chi connectivity index (χ0) is 24.4. The molecule has 2 aromatic heterocycles. The van der Waals surface area contributed by atoms with Gasteiger partial charge in [0, 0.05) is 74.6 Å². The molecule has 3 amide bonds. The molecule has 1 atom stereocenters. The molecule has 182 valence electrons. The molecule has 2 fully saturated rings. The minimum absolute atomic E-state index is 0.00721. The second-order valence-corrected chi connectivity index (χ2v) is 9.83. The molecule has 3 heterocycles. The average molecular weight is 474 g/mol. The minimum Gasteiger partial charge on any atom is -0.354 e. The number of carbonyl (C=O) groups excluding carboxylic acids is 3. The fourth-order valence-electron chi connectivity index (χ4n) is 5.78. The Balaban J connectivity index is 1.11. The molecular weight excluding hydrogens is 442 g/mol. The van der Waals surface area contributed by atoms with Gasteiger partial charge in [0.05, 0.1) is 11.1 Å². The third-order valence-electron chi connectivity index (χ3n) is 7.63. The number of hydrogen-bond donors (Lipinski definition) is 2. The summed E-state index contributed by atoms with van der Waals surface area (Å²) in [5.74, 6) is 0.182. The molecule has 1 aliphatic heterocycles. The van der Waals surface area contributed by atoms with Gasteiger partial charge in [0.2, 0.25) is 5.91 Å². The van der Waals surface area contributed by atoms with Crippen LogP contribution >= 0.6 is 0 Å². The number of pyridine rings is 1. The summed E-state index contributed by atoms with van der Waals surface area (Å²) in [6.07, 6.45) is 8.77. The first-order valence-electron chi connectivity index (χ1n) is 12.3. The highest BCUT2D eigenvalue weighted by Gasteiger charge is 2.53. The predicted molar refractivity (Wildman–Crippen MR) is 133 cm³/mol. The fraction of sp³-hybridized carbons (Fsp3) is 0.407. The smallest absolute Gasteiger partial charge is 0.256 e. The van der Waals surface area contributed by atoms with Crippen LogP contribution in [0, 0.1) is 11.3 Å². The Morgan fingerprint density at radius 1 is 1.06 bits per heavy atom. The summed E-state index contributed by atoms with van der Waals surface area (Å²) in [4.78, 5) is 43.8. The molecule has 8 nitrogen and oxygen atoms in total. The molecule has 35 heavy (non-hydrogen) atoms. The fourth-order valence-corrected chi connectivity index (χ4v) is 5.78. The lowest BCUT2D eigenvalue weighted by atomic mass is 9.70. The number of nitrogens with one attached hydrogen (secondary N) is 2. The van der Waals surface area contributed by atoms with Crippen molar-refractivity contribution in [3.8, 4) is 0 Å². The van der Waals surface area contributed by atoms with Crippen LogP contribution in [0.25, 0.3) is 10.9 Å². The molecule has 8 heteroatoms. The Morgan fingerprint density at radius 3 is 2.63 bits per heavy atom. The van der Waals surface area contributed by atoms with Crippen molar-refractivity contribution >= 4 is 28.6 Å². The van der Waals surface area contributed by atoms with Gasteiger partial charge >= 0.3 is 0 Å². The summed E-state index contributed by atoms with van der Waals surface area (Å²) in [6, 6.07) is 11.2. The molecule has 1 aliphatic carbocycles. The van der Waals surface area contributed by atoms with E-state index >= 15 is 0 Å². The Hall–Kier alpha value is -3.68. The SMILES string of the molecule is Cn1ccc2cccc(C(=O)N3CC4(CCCC4CC(=O)NCCNC(=O)c4ccncc4)C3)c21. The maximum absolute atomic E-state index is 13.3. The molecule has 1 spiro atoms. The first kappa shape index (κ1) is 23.1. The van der Waals surface area contributed by atoms with E-state index in [2.05, 4.69) is 15.6 Å². The van der Waals surface area contributed by atoms with Gasteiger partial charge in [0.25, 0.3) is 11.8 Å². The zero-order valence-corrected chi connectivity index (χ0v) is 20.0. The van der Waals surface area contributed by atoms with Gasteiger partial charge in [0.15, 0.2) is 0 Å². The third kappa shape index (κ3) is 4.52. The van der Waals surface area contributed by atoms with E-state index in [1.807, 2.05) is 47.0 Å². The Labute approximate surface area is 204 Å². The molecule has 2 aliphatic rings. The lowest BCUT2D eigenvalue weighted by molar-refractivity contribution is -0.124. The quantitative estimate of drug-likeness (QED) is 0.516. The van der Waals surface area contributed by atoms with E-state index in [9.17, 15) is 14.4 Å². The number of fused-ring (bicyclic) bond motifs is 1. The van der Waals surface area contributed by atoms with Crippen molar-refractivity contribution in [1.29, 1.82) is 0 Å². The summed E-state index contributed by atoms with van der Waals surface area (Å²) >= 11 is 0. The number of hydrogen-bond acceptors (Lipinski definition) is 4. The number of para-hydroxylation sites is 1. The number of aryl methyl sites for hydroxylation is 1. The highest BCUT2D eigenvalue weighted by molar-refractivity contribution is 6.06. The van der Waals surface area contributed by atoms with Crippen LogP contribution in [0.4, 0.5) is 0 Å². The third-order valence-corrected chi connectivity index (χ3v) is 7.63. The maximum atomic E-state index is 13.3. The summed E-state index contributed by atoms with van der Waals surface area (Å²) < 4.78 is 2.00. The second kappa shape index (κ2) is 9.52. The van der Waals surface area contributed by atoms with E-state index < -0.39 is 0 Å². The topological polar surface area (TPSA) is 96.3 Å². The number of aromatic nitrogens is 2. The van der Waals surface area contributed by atoms with Gasteiger partial charge in [-0.15, -0.1) is 0 Å². The van der Waals surface area contributed by atoms with Crippen LogP contribution in [-0.4, -0.2) is 58.4 Å². The lowest BCUT2D eigenvalue weighted by Crippen LogP contribution is -2.60. The predicted octanol–water partition coefficient (Wildman–Crippen LogP) is 2.75. The lowest BCUT2D eigenvalue weighted by Gasteiger charge is -2.51. The minimum atomic E-state index is -0.179. The second-order valence-electron chi connectivity index (χ2n) is 9.83. The van der Waals surface area contributed by atoms with E-state index in [0.717, 1.165) is 35.7 Å². The number of carbonyl (C=O) groups is 3. The van der Waals surface area contributed by atoms with Crippen LogP contribution in [0.15, 0.2) is 55.0 Å². The molecule has 1 saturated carbocycles.